The van der Waals surface area contributed by atoms with Gasteiger partial charge in [-0.05, 0) is 26.7 Å². The smallest absolute Gasteiger partial charge is 0.335 e. The molecule has 0 saturated heterocycles. The molecule has 1 aliphatic carbocycles. The van der Waals surface area contributed by atoms with Crippen molar-refractivity contribution in [1.29, 1.82) is 0 Å². The van der Waals surface area contributed by atoms with Crippen molar-refractivity contribution in [2.45, 2.75) is 57.7 Å². The molecule has 3 heteroatoms. The van der Waals surface area contributed by atoms with E-state index in [2.05, 4.69) is 0 Å². The predicted octanol–water partition coefficient (Wildman–Crippen LogP) is 2.20. The van der Waals surface area contributed by atoms with Crippen LogP contribution >= 0.6 is 0 Å². The minimum absolute atomic E-state index is 0.153. The maximum atomic E-state index is 10.8. The van der Waals surface area contributed by atoms with E-state index < -0.39 is 11.6 Å². The number of hydrogen-bond donors (Lipinski definition) is 1. The summed E-state index contributed by atoms with van der Waals surface area (Å²) in [6, 6.07) is 0. The molecule has 0 radical (unpaired) electrons. The zero-order valence-electron chi connectivity index (χ0n) is 8.38. The molecule has 0 heterocycles. The van der Waals surface area contributed by atoms with Crippen LogP contribution in [-0.2, 0) is 9.53 Å². The minimum atomic E-state index is -1.03. The van der Waals surface area contributed by atoms with Crippen molar-refractivity contribution >= 4 is 5.97 Å². The first-order valence-electron chi connectivity index (χ1n) is 4.93. The Hall–Kier alpha value is -0.570. The van der Waals surface area contributed by atoms with E-state index in [1.165, 1.54) is 19.3 Å². The molecule has 0 amide bonds. The van der Waals surface area contributed by atoms with Gasteiger partial charge in [0, 0.05) is 0 Å². The van der Waals surface area contributed by atoms with E-state index in [1.54, 1.807) is 13.8 Å². The van der Waals surface area contributed by atoms with Crippen molar-refractivity contribution in [3.05, 3.63) is 0 Å². The molecule has 1 N–H and O–H groups in total. The van der Waals surface area contributed by atoms with Crippen molar-refractivity contribution in [2.24, 2.45) is 0 Å². The molecule has 0 spiro atoms. The van der Waals surface area contributed by atoms with Crippen molar-refractivity contribution in [2.75, 3.05) is 0 Å². The fourth-order valence-corrected chi connectivity index (χ4v) is 1.65. The fraction of sp³-hybridized carbons (Fsp3) is 0.900. The molecule has 0 aromatic heterocycles. The van der Waals surface area contributed by atoms with E-state index in [0.29, 0.717) is 0 Å². The molecule has 1 aliphatic rings. The SMILES string of the molecule is CC(C)(OC1CCCCC1)C(=O)O. The van der Waals surface area contributed by atoms with Gasteiger partial charge in [-0.1, -0.05) is 19.3 Å². The summed E-state index contributed by atoms with van der Waals surface area (Å²) in [7, 11) is 0. The largest absolute Gasteiger partial charge is 0.479 e. The molecule has 0 aromatic rings. The second kappa shape index (κ2) is 4.09. The molecule has 1 fully saturated rings. The van der Waals surface area contributed by atoms with Gasteiger partial charge in [0.15, 0.2) is 5.60 Å². The van der Waals surface area contributed by atoms with Gasteiger partial charge in [-0.2, -0.15) is 0 Å². The van der Waals surface area contributed by atoms with Gasteiger partial charge >= 0.3 is 5.97 Å². The second-order valence-corrected chi connectivity index (χ2v) is 4.19. The number of aliphatic carboxylic acids is 1. The van der Waals surface area contributed by atoms with E-state index in [9.17, 15) is 4.79 Å². The summed E-state index contributed by atoms with van der Waals surface area (Å²) in [4.78, 5) is 10.8. The maximum Gasteiger partial charge on any atom is 0.335 e. The van der Waals surface area contributed by atoms with Crippen LogP contribution in [0.15, 0.2) is 0 Å². The highest BCUT2D eigenvalue weighted by atomic mass is 16.5. The molecule has 3 nitrogen and oxygen atoms in total. The second-order valence-electron chi connectivity index (χ2n) is 4.19. The summed E-state index contributed by atoms with van der Waals surface area (Å²) in [6.07, 6.45) is 5.77. The van der Waals surface area contributed by atoms with Crippen LogP contribution in [0, 0.1) is 0 Å². The van der Waals surface area contributed by atoms with Gasteiger partial charge in [0.2, 0.25) is 0 Å². The molecular weight excluding hydrogens is 168 g/mol. The molecule has 0 aliphatic heterocycles. The quantitative estimate of drug-likeness (QED) is 0.735. The highest BCUT2D eigenvalue weighted by molar-refractivity contribution is 5.76. The maximum absolute atomic E-state index is 10.8. The monoisotopic (exact) mass is 186 g/mol. The molecule has 13 heavy (non-hydrogen) atoms. The van der Waals surface area contributed by atoms with Gasteiger partial charge in [0.25, 0.3) is 0 Å². The molecule has 76 valence electrons. The average molecular weight is 186 g/mol. The average Bonchev–Trinajstić information content (AvgIpc) is 2.05. The van der Waals surface area contributed by atoms with E-state index in [1.807, 2.05) is 0 Å². The fourth-order valence-electron chi connectivity index (χ4n) is 1.65. The van der Waals surface area contributed by atoms with Crippen LogP contribution in [0.1, 0.15) is 46.0 Å². The van der Waals surface area contributed by atoms with E-state index >= 15 is 0 Å². The Morgan fingerprint density at radius 1 is 1.31 bits per heavy atom. The highest BCUT2D eigenvalue weighted by Gasteiger charge is 2.31. The van der Waals surface area contributed by atoms with Gasteiger partial charge in [-0.15, -0.1) is 0 Å². The van der Waals surface area contributed by atoms with Gasteiger partial charge in [0.05, 0.1) is 6.10 Å². The van der Waals surface area contributed by atoms with Crippen molar-refractivity contribution in [3.63, 3.8) is 0 Å². The van der Waals surface area contributed by atoms with Crippen LogP contribution in [0.25, 0.3) is 0 Å². The number of carbonyl (C=O) groups is 1. The summed E-state index contributed by atoms with van der Waals surface area (Å²) < 4.78 is 5.54. The molecule has 0 atom stereocenters. The van der Waals surface area contributed by atoms with E-state index in [4.69, 9.17) is 9.84 Å². The Kier molecular flexibility index (Phi) is 3.31. The van der Waals surface area contributed by atoms with Crippen LogP contribution < -0.4 is 0 Å². The van der Waals surface area contributed by atoms with Crippen LogP contribution in [0.2, 0.25) is 0 Å². The van der Waals surface area contributed by atoms with Gasteiger partial charge in [-0.25, -0.2) is 4.79 Å². The predicted molar refractivity (Wildman–Crippen MR) is 49.7 cm³/mol. The molecule has 0 unspecified atom stereocenters. The third-order valence-corrected chi connectivity index (χ3v) is 2.53. The first-order valence-corrected chi connectivity index (χ1v) is 4.93. The van der Waals surface area contributed by atoms with Gasteiger partial charge < -0.3 is 9.84 Å². The van der Waals surface area contributed by atoms with Crippen LogP contribution in [-0.4, -0.2) is 22.8 Å². The number of carboxylic acid groups (broad SMARTS) is 1. The Balaban J connectivity index is 2.41. The first kappa shape index (κ1) is 10.5. The van der Waals surface area contributed by atoms with Crippen LogP contribution in [0.4, 0.5) is 0 Å². The number of ether oxygens (including phenoxy) is 1. The molecule has 1 rings (SSSR count). The van der Waals surface area contributed by atoms with Gasteiger partial charge in [0.1, 0.15) is 0 Å². The van der Waals surface area contributed by atoms with E-state index in [0.717, 1.165) is 12.8 Å². The lowest BCUT2D eigenvalue weighted by Gasteiger charge is -2.29. The highest BCUT2D eigenvalue weighted by Crippen LogP contribution is 2.24. The molecule has 0 bridgehead atoms. The molecule has 0 aromatic carbocycles. The lowest BCUT2D eigenvalue weighted by Crippen LogP contribution is -2.39. The zero-order chi connectivity index (χ0) is 9.90. The van der Waals surface area contributed by atoms with Gasteiger partial charge in [-0.3, -0.25) is 0 Å². The summed E-state index contributed by atoms with van der Waals surface area (Å²) in [5, 5.41) is 8.85. The Bertz CT molecular complexity index is 181. The first-order chi connectivity index (χ1) is 6.02. The van der Waals surface area contributed by atoms with Crippen molar-refractivity contribution in [3.8, 4) is 0 Å². The Morgan fingerprint density at radius 3 is 2.31 bits per heavy atom. The summed E-state index contributed by atoms with van der Waals surface area (Å²) in [5.41, 5.74) is -1.03. The Labute approximate surface area is 79.1 Å². The molecule has 1 saturated carbocycles. The topological polar surface area (TPSA) is 46.5 Å². The van der Waals surface area contributed by atoms with Crippen molar-refractivity contribution < 1.29 is 14.6 Å². The standard InChI is InChI=1S/C10H18O3/c1-10(2,9(11)12)13-8-6-4-3-5-7-8/h8H,3-7H2,1-2H3,(H,11,12). The normalized spacial score (nSPS) is 20.2. The van der Waals surface area contributed by atoms with Crippen molar-refractivity contribution in [1.82, 2.24) is 0 Å². The van der Waals surface area contributed by atoms with Crippen LogP contribution in [0.3, 0.4) is 0 Å². The molecular formula is C10H18O3. The Morgan fingerprint density at radius 2 is 1.85 bits per heavy atom. The zero-order valence-corrected chi connectivity index (χ0v) is 8.38. The third kappa shape index (κ3) is 2.99. The van der Waals surface area contributed by atoms with E-state index in [-0.39, 0.29) is 6.10 Å². The third-order valence-electron chi connectivity index (χ3n) is 2.53. The minimum Gasteiger partial charge on any atom is -0.479 e. The van der Waals surface area contributed by atoms with Crippen LogP contribution in [0.5, 0.6) is 0 Å². The number of hydrogen-bond acceptors (Lipinski definition) is 2. The summed E-state index contributed by atoms with van der Waals surface area (Å²) in [5.74, 6) is -0.877. The number of carboxylic acids is 1. The lowest BCUT2D eigenvalue weighted by molar-refractivity contribution is -0.170. The lowest BCUT2D eigenvalue weighted by atomic mass is 9.97. The summed E-state index contributed by atoms with van der Waals surface area (Å²) >= 11 is 0. The summed E-state index contributed by atoms with van der Waals surface area (Å²) in [6.45, 7) is 3.23. The number of rotatable bonds is 3.